The van der Waals surface area contributed by atoms with E-state index in [0.29, 0.717) is 0 Å². The van der Waals surface area contributed by atoms with Crippen molar-refractivity contribution in [2.75, 3.05) is 27.9 Å². The molecule has 4 nitrogen and oxygen atoms in total. The maximum absolute atomic E-state index is 5.45. The van der Waals surface area contributed by atoms with Gasteiger partial charge in [-0.1, -0.05) is 6.08 Å². The molecule has 4 heteroatoms. The zero-order chi connectivity index (χ0) is 15.0. The fourth-order valence-electron chi connectivity index (χ4n) is 3.11. The van der Waals surface area contributed by atoms with Crippen LogP contribution in [0, 0.1) is 0 Å². The van der Waals surface area contributed by atoms with E-state index >= 15 is 0 Å². The van der Waals surface area contributed by atoms with Crippen molar-refractivity contribution in [3.8, 4) is 11.5 Å². The summed E-state index contributed by atoms with van der Waals surface area (Å²) in [5.41, 5.74) is 3.78. The molecule has 1 aromatic carbocycles. The second kappa shape index (κ2) is 5.35. The molecule has 3 rings (SSSR count). The lowest BCUT2D eigenvalue weighted by Crippen LogP contribution is -2.33. The van der Waals surface area contributed by atoms with E-state index in [4.69, 9.17) is 14.2 Å². The van der Waals surface area contributed by atoms with Crippen LogP contribution in [0.3, 0.4) is 0 Å². The molecule has 0 spiro atoms. The van der Waals surface area contributed by atoms with Crippen LogP contribution in [0.4, 0.5) is 0 Å². The van der Waals surface area contributed by atoms with Crippen LogP contribution >= 0.6 is 0 Å². The van der Waals surface area contributed by atoms with Gasteiger partial charge in [-0.3, -0.25) is 0 Å². The minimum Gasteiger partial charge on any atom is -0.495 e. The third-order valence-electron chi connectivity index (χ3n) is 4.26. The Morgan fingerprint density at radius 1 is 1.05 bits per heavy atom. The number of methoxy groups -OCH3 is 3. The molecule has 0 bridgehead atoms. The Morgan fingerprint density at radius 3 is 2.43 bits per heavy atom. The predicted octanol–water partition coefficient (Wildman–Crippen LogP) is 3.05. The summed E-state index contributed by atoms with van der Waals surface area (Å²) >= 11 is 0. The van der Waals surface area contributed by atoms with Gasteiger partial charge in [0.1, 0.15) is 5.76 Å². The van der Waals surface area contributed by atoms with E-state index in [2.05, 4.69) is 36.2 Å². The zero-order valence-electron chi connectivity index (χ0n) is 13.0. The van der Waals surface area contributed by atoms with E-state index in [9.17, 15) is 0 Å². The molecule has 0 aliphatic carbocycles. The highest BCUT2D eigenvalue weighted by Crippen LogP contribution is 2.41. The summed E-state index contributed by atoms with van der Waals surface area (Å²) in [7, 11) is 5.07. The first-order chi connectivity index (χ1) is 10.2. The molecule has 1 aromatic rings. The molecule has 1 unspecified atom stereocenters. The van der Waals surface area contributed by atoms with Gasteiger partial charge < -0.3 is 19.1 Å². The zero-order valence-corrected chi connectivity index (χ0v) is 13.0. The molecule has 0 N–H and O–H groups in total. The number of hydrogen-bond donors (Lipinski definition) is 0. The van der Waals surface area contributed by atoms with Gasteiger partial charge in [0, 0.05) is 12.7 Å². The van der Waals surface area contributed by atoms with Crippen LogP contribution in [0.15, 0.2) is 35.7 Å². The van der Waals surface area contributed by atoms with Gasteiger partial charge in [0.2, 0.25) is 0 Å². The molecular formula is C17H21NO3. The van der Waals surface area contributed by atoms with E-state index < -0.39 is 0 Å². The van der Waals surface area contributed by atoms with Crippen LogP contribution in [0.1, 0.15) is 24.1 Å². The van der Waals surface area contributed by atoms with Gasteiger partial charge in [-0.2, -0.15) is 0 Å². The van der Waals surface area contributed by atoms with Crippen LogP contribution in [0.25, 0.3) is 0 Å². The van der Waals surface area contributed by atoms with E-state index in [1.807, 2.05) is 0 Å². The van der Waals surface area contributed by atoms with Crippen molar-refractivity contribution in [2.24, 2.45) is 0 Å². The molecule has 0 fully saturated rings. The normalized spacial score (nSPS) is 20.0. The lowest BCUT2D eigenvalue weighted by Gasteiger charge is -2.38. The highest BCUT2D eigenvalue weighted by Gasteiger charge is 2.29. The van der Waals surface area contributed by atoms with Crippen molar-refractivity contribution in [3.05, 3.63) is 46.9 Å². The maximum Gasteiger partial charge on any atom is 0.161 e. The predicted molar refractivity (Wildman–Crippen MR) is 81.5 cm³/mol. The quantitative estimate of drug-likeness (QED) is 0.855. The minimum absolute atomic E-state index is 0.243. The number of nitrogens with zero attached hydrogens (tertiary/aromatic N) is 1. The molecular weight excluding hydrogens is 266 g/mol. The van der Waals surface area contributed by atoms with Crippen LogP contribution in [0.2, 0.25) is 0 Å². The number of allylic oxidation sites excluding steroid dienone is 1. The molecule has 2 aliphatic heterocycles. The van der Waals surface area contributed by atoms with Gasteiger partial charge in [-0.15, -0.1) is 0 Å². The van der Waals surface area contributed by atoms with Crippen molar-refractivity contribution < 1.29 is 14.2 Å². The molecule has 0 aromatic heterocycles. The maximum atomic E-state index is 5.45. The van der Waals surface area contributed by atoms with Gasteiger partial charge in [0.25, 0.3) is 0 Å². The van der Waals surface area contributed by atoms with E-state index in [0.717, 1.165) is 30.2 Å². The third-order valence-corrected chi connectivity index (χ3v) is 4.26. The Labute approximate surface area is 125 Å². The minimum atomic E-state index is 0.243. The highest BCUT2D eigenvalue weighted by atomic mass is 16.5. The number of ether oxygens (including phenoxy) is 3. The number of hydrogen-bond acceptors (Lipinski definition) is 4. The SMILES string of the molecule is COC1=CN2CCc3cc(OC)c(OC)cc3C2C=C1C. The fourth-order valence-corrected chi connectivity index (χ4v) is 3.11. The molecule has 0 radical (unpaired) electrons. The van der Waals surface area contributed by atoms with E-state index in [-0.39, 0.29) is 6.04 Å². The Hall–Kier alpha value is -2.10. The Morgan fingerprint density at radius 2 is 1.76 bits per heavy atom. The second-order valence-corrected chi connectivity index (χ2v) is 5.39. The molecule has 0 saturated heterocycles. The van der Waals surface area contributed by atoms with Gasteiger partial charge in [0.15, 0.2) is 11.5 Å². The summed E-state index contributed by atoms with van der Waals surface area (Å²) in [6.45, 7) is 3.06. The molecule has 2 heterocycles. The summed E-state index contributed by atoms with van der Waals surface area (Å²) in [5, 5.41) is 0. The monoisotopic (exact) mass is 287 g/mol. The summed E-state index contributed by atoms with van der Waals surface area (Å²) < 4.78 is 16.3. The molecule has 1 atom stereocenters. The van der Waals surface area contributed by atoms with E-state index in [1.54, 1.807) is 21.3 Å². The van der Waals surface area contributed by atoms with Crippen molar-refractivity contribution >= 4 is 0 Å². The first kappa shape index (κ1) is 13.9. The molecule has 21 heavy (non-hydrogen) atoms. The summed E-state index contributed by atoms with van der Waals surface area (Å²) in [6, 6.07) is 4.44. The van der Waals surface area contributed by atoms with Gasteiger partial charge in [0.05, 0.1) is 27.4 Å². The van der Waals surface area contributed by atoms with Crippen LogP contribution in [0.5, 0.6) is 11.5 Å². The average molecular weight is 287 g/mol. The van der Waals surface area contributed by atoms with Crippen LogP contribution < -0.4 is 9.47 Å². The number of fused-ring (bicyclic) bond motifs is 3. The van der Waals surface area contributed by atoms with Gasteiger partial charge in [-0.05, 0) is 42.2 Å². The van der Waals surface area contributed by atoms with Crippen molar-refractivity contribution in [2.45, 2.75) is 19.4 Å². The topological polar surface area (TPSA) is 30.9 Å². The standard InChI is InChI=1S/C17H21NO3/c1-11-7-14-13-9-16(20-3)15(19-2)8-12(13)5-6-18(14)10-17(11)21-4/h7-10,14H,5-6H2,1-4H3. The number of rotatable bonds is 3. The first-order valence-corrected chi connectivity index (χ1v) is 7.13. The Kier molecular flexibility index (Phi) is 3.53. The molecule has 0 amide bonds. The number of benzene rings is 1. The summed E-state index contributed by atoms with van der Waals surface area (Å²) in [5.74, 6) is 2.52. The Bertz CT molecular complexity index is 619. The van der Waals surface area contributed by atoms with Crippen LogP contribution in [-0.4, -0.2) is 32.8 Å². The molecule has 0 saturated carbocycles. The first-order valence-electron chi connectivity index (χ1n) is 7.13. The lowest BCUT2D eigenvalue weighted by molar-refractivity contribution is 0.244. The van der Waals surface area contributed by atoms with Gasteiger partial charge >= 0.3 is 0 Å². The Balaban J connectivity index is 2.06. The van der Waals surface area contributed by atoms with Crippen molar-refractivity contribution in [1.82, 2.24) is 4.90 Å². The average Bonchev–Trinajstić information content (AvgIpc) is 2.52. The van der Waals surface area contributed by atoms with Crippen molar-refractivity contribution in [1.29, 1.82) is 0 Å². The summed E-state index contributed by atoms with van der Waals surface area (Å²) in [4.78, 5) is 2.32. The lowest BCUT2D eigenvalue weighted by atomic mass is 9.89. The van der Waals surface area contributed by atoms with Gasteiger partial charge in [-0.25, -0.2) is 0 Å². The van der Waals surface area contributed by atoms with E-state index in [1.165, 1.54) is 16.7 Å². The largest absolute Gasteiger partial charge is 0.495 e. The molecule has 112 valence electrons. The summed E-state index contributed by atoms with van der Waals surface area (Å²) in [6.07, 6.45) is 5.36. The highest BCUT2D eigenvalue weighted by molar-refractivity contribution is 5.51. The molecule has 2 aliphatic rings. The fraction of sp³-hybridized carbons (Fsp3) is 0.412. The van der Waals surface area contributed by atoms with Crippen LogP contribution in [-0.2, 0) is 11.2 Å². The second-order valence-electron chi connectivity index (χ2n) is 5.39. The third kappa shape index (κ3) is 2.24. The smallest absolute Gasteiger partial charge is 0.161 e. The van der Waals surface area contributed by atoms with Crippen molar-refractivity contribution in [3.63, 3.8) is 0 Å².